The molecule has 1 aromatic heterocycles. The Morgan fingerprint density at radius 1 is 1.43 bits per heavy atom. The molecule has 2 atom stereocenters. The molecular formula is C12H17NO. The maximum atomic E-state index is 10.8. The highest BCUT2D eigenvalue weighted by atomic mass is 16.1. The third-order valence-electron chi connectivity index (χ3n) is 3.56. The Morgan fingerprint density at radius 3 is 2.50 bits per heavy atom. The maximum Gasteiger partial charge on any atom is 0.151 e. The van der Waals surface area contributed by atoms with Gasteiger partial charge in [0.15, 0.2) is 6.29 Å². The Hall–Kier alpha value is -1.05. The minimum atomic E-state index is 0.628. The van der Waals surface area contributed by atoms with E-state index in [4.69, 9.17) is 0 Å². The van der Waals surface area contributed by atoms with Crippen molar-refractivity contribution in [2.24, 2.45) is 5.92 Å². The highest BCUT2D eigenvalue weighted by molar-refractivity contribution is 5.77. The van der Waals surface area contributed by atoms with Crippen molar-refractivity contribution in [1.82, 2.24) is 4.57 Å². The summed E-state index contributed by atoms with van der Waals surface area (Å²) in [7, 11) is 0. The molecular weight excluding hydrogens is 174 g/mol. The molecule has 2 nitrogen and oxygen atoms in total. The lowest BCUT2D eigenvalue weighted by Gasteiger charge is -2.37. The van der Waals surface area contributed by atoms with Crippen LogP contribution < -0.4 is 0 Å². The first-order chi connectivity index (χ1) is 6.65. The summed E-state index contributed by atoms with van der Waals surface area (Å²) in [6, 6.07) is 2.62. The van der Waals surface area contributed by atoms with Crippen molar-refractivity contribution in [2.75, 3.05) is 0 Å². The Balaban J connectivity index is 2.41. The highest BCUT2D eigenvalue weighted by Gasteiger charge is 2.30. The van der Waals surface area contributed by atoms with Gasteiger partial charge in [0, 0.05) is 23.0 Å². The standard InChI is InChI=1S/C12H17NO/c1-8-4-5-12(8)13-9(2)6-11(7-14)10(13)3/h6-8,12H,4-5H2,1-3H3. The second-order valence-electron chi connectivity index (χ2n) is 4.44. The molecule has 2 heteroatoms. The van der Waals surface area contributed by atoms with Gasteiger partial charge in [-0.1, -0.05) is 6.92 Å². The minimum Gasteiger partial charge on any atom is -0.345 e. The van der Waals surface area contributed by atoms with Crippen LogP contribution in [0.4, 0.5) is 0 Å². The zero-order chi connectivity index (χ0) is 10.3. The van der Waals surface area contributed by atoms with Crippen LogP contribution in [0.25, 0.3) is 0 Å². The second kappa shape index (κ2) is 3.26. The molecule has 1 aliphatic carbocycles. The van der Waals surface area contributed by atoms with Gasteiger partial charge in [-0.25, -0.2) is 0 Å². The molecule has 14 heavy (non-hydrogen) atoms. The van der Waals surface area contributed by atoms with E-state index in [1.165, 1.54) is 18.5 Å². The number of aldehydes is 1. The summed E-state index contributed by atoms with van der Waals surface area (Å²) in [4.78, 5) is 10.8. The van der Waals surface area contributed by atoms with E-state index >= 15 is 0 Å². The van der Waals surface area contributed by atoms with Gasteiger partial charge in [-0.05, 0) is 38.7 Å². The first-order valence-electron chi connectivity index (χ1n) is 5.28. The van der Waals surface area contributed by atoms with E-state index in [1.807, 2.05) is 13.0 Å². The van der Waals surface area contributed by atoms with E-state index < -0.39 is 0 Å². The summed E-state index contributed by atoms with van der Waals surface area (Å²) in [5, 5.41) is 0. The lowest BCUT2D eigenvalue weighted by atomic mass is 9.80. The average molecular weight is 191 g/mol. The Bertz CT molecular complexity index is 365. The van der Waals surface area contributed by atoms with Crippen LogP contribution in [0.2, 0.25) is 0 Å². The molecule has 0 aliphatic heterocycles. The van der Waals surface area contributed by atoms with Crippen molar-refractivity contribution in [3.8, 4) is 0 Å². The third-order valence-corrected chi connectivity index (χ3v) is 3.56. The van der Waals surface area contributed by atoms with Crippen molar-refractivity contribution in [3.63, 3.8) is 0 Å². The van der Waals surface area contributed by atoms with E-state index in [0.717, 1.165) is 23.5 Å². The van der Waals surface area contributed by atoms with Gasteiger partial charge in [-0.3, -0.25) is 4.79 Å². The van der Waals surface area contributed by atoms with Gasteiger partial charge in [-0.2, -0.15) is 0 Å². The quantitative estimate of drug-likeness (QED) is 0.659. The first-order valence-corrected chi connectivity index (χ1v) is 5.28. The molecule has 0 amide bonds. The zero-order valence-corrected chi connectivity index (χ0v) is 9.08. The number of nitrogens with zero attached hydrogens (tertiary/aromatic N) is 1. The molecule has 1 saturated carbocycles. The second-order valence-corrected chi connectivity index (χ2v) is 4.44. The number of aromatic nitrogens is 1. The normalized spacial score (nSPS) is 25.9. The molecule has 1 heterocycles. The van der Waals surface area contributed by atoms with Gasteiger partial charge >= 0.3 is 0 Å². The van der Waals surface area contributed by atoms with Crippen LogP contribution in [0, 0.1) is 19.8 Å². The van der Waals surface area contributed by atoms with Crippen molar-refractivity contribution in [1.29, 1.82) is 0 Å². The van der Waals surface area contributed by atoms with Crippen LogP contribution in [0.3, 0.4) is 0 Å². The molecule has 0 spiro atoms. The third kappa shape index (κ3) is 1.21. The fourth-order valence-corrected chi connectivity index (χ4v) is 2.46. The highest BCUT2D eigenvalue weighted by Crippen LogP contribution is 2.40. The Kier molecular flexibility index (Phi) is 2.22. The lowest BCUT2D eigenvalue weighted by molar-refractivity contribution is 0.112. The Labute approximate surface area is 84.9 Å². The minimum absolute atomic E-state index is 0.628. The molecule has 2 rings (SSSR count). The summed E-state index contributed by atoms with van der Waals surface area (Å²) in [6.45, 7) is 6.42. The number of carbonyl (C=O) groups is 1. The predicted molar refractivity (Wildman–Crippen MR) is 56.7 cm³/mol. The van der Waals surface area contributed by atoms with Crippen LogP contribution in [-0.2, 0) is 0 Å². The zero-order valence-electron chi connectivity index (χ0n) is 9.08. The van der Waals surface area contributed by atoms with Crippen LogP contribution in [-0.4, -0.2) is 10.9 Å². The molecule has 0 N–H and O–H groups in total. The van der Waals surface area contributed by atoms with Crippen LogP contribution in [0.15, 0.2) is 6.07 Å². The molecule has 2 unspecified atom stereocenters. The van der Waals surface area contributed by atoms with E-state index in [2.05, 4.69) is 18.4 Å². The number of rotatable bonds is 2. The molecule has 1 fully saturated rings. The topological polar surface area (TPSA) is 22.0 Å². The fourth-order valence-electron chi connectivity index (χ4n) is 2.46. The molecule has 76 valence electrons. The Morgan fingerprint density at radius 2 is 2.14 bits per heavy atom. The van der Waals surface area contributed by atoms with Gasteiger partial charge in [-0.15, -0.1) is 0 Å². The van der Waals surface area contributed by atoms with E-state index in [-0.39, 0.29) is 0 Å². The van der Waals surface area contributed by atoms with Crippen molar-refractivity contribution in [2.45, 2.75) is 39.7 Å². The lowest BCUT2D eigenvalue weighted by Crippen LogP contribution is -2.28. The van der Waals surface area contributed by atoms with E-state index in [1.54, 1.807) is 0 Å². The van der Waals surface area contributed by atoms with Gasteiger partial charge in [0.1, 0.15) is 0 Å². The van der Waals surface area contributed by atoms with E-state index in [9.17, 15) is 4.79 Å². The smallest absolute Gasteiger partial charge is 0.151 e. The monoisotopic (exact) mass is 191 g/mol. The van der Waals surface area contributed by atoms with E-state index in [0.29, 0.717) is 6.04 Å². The number of carbonyl (C=O) groups excluding carboxylic acids is 1. The largest absolute Gasteiger partial charge is 0.345 e. The van der Waals surface area contributed by atoms with Gasteiger partial charge in [0.05, 0.1) is 0 Å². The SMILES string of the molecule is Cc1cc(C=O)c(C)n1C1CCC1C. The molecule has 0 bridgehead atoms. The maximum absolute atomic E-state index is 10.8. The number of hydrogen-bond donors (Lipinski definition) is 0. The van der Waals surface area contributed by atoms with Crippen molar-refractivity contribution in [3.05, 3.63) is 23.0 Å². The van der Waals surface area contributed by atoms with Crippen LogP contribution in [0.1, 0.15) is 47.6 Å². The predicted octanol–water partition coefficient (Wildman–Crippen LogP) is 2.89. The average Bonchev–Trinajstić information content (AvgIpc) is 2.43. The van der Waals surface area contributed by atoms with Crippen molar-refractivity contribution >= 4 is 6.29 Å². The molecule has 1 aromatic rings. The van der Waals surface area contributed by atoms with Gasteiger partial charge in [0.2, 0.25) is 0 Å². The summed E-state index contributed by atoms with van der Waals surface area (Å²) >= 11 is 0. The van der Waals surface area contributed by atoms with Crippen molar-refractivity contribution < 1.29 is 4.79 Å². The summed E-state index contributed by atoms with van der Waals surface area (Å²) in [6.07, 6.45) is 3.54. The van der Waals surface area contributed by atoms with Crippen LogP contribution >= 0.6 is 0 Å². The number of hydrogen-bond acceptors (Lipinski definition) is 1. The summed E-state index contributed by atoms with van der Waals surface area (Å²) in [5.74, 6) is 0.763. The first kappa shape index (κ1) is 9.50. The summed E-state index contributed by atoms with van der Waals surface area (Å²) < 4.78 is 2.33. The van der Waals surface area contributed by atoms with Crippen LogP contribution in [0.5, 0.6) is 0 Å². The number of aryl methyl sites for hydroxylation is 1. The molecule has 0 radical (unpaired) electrons. The van der Waals surface area contributed by atoms with Gasteiger partial charge < -0.3 is 4.57 Å². The molecule has 1 aliphatic rings. The summed E-state index contributed by atoms with van der Waals surface area (Å²) in [5.41, 5.74) is 3.21. The fraction of sp³-hybridized carbons (Fsp3) is 0.583. The molecule has 0 saturated heterocycles. The molecule has 0 aromatic carbocycles. The van der Waals surface area contributed by atoms with Gasteiger partial charge in [0.25, 0.3) is 0 Å².